The third kappa shape index (κ3) is 2.15. The molecule has 0 unspecified atom stereocenters. The number of hydrogen-bond donors (Lipinski definition) is 0. The van der Waals surface area contributed by atoms with Gasteiger partial charge in [-0.1, -0.05) is 31.9 Å². The Bertz CT molecular complexity index is 384. The molecule has 0 aliphatic rings. The van der Waals surface area contributed by atoms with E-state index in [9.17, 15) is 4.39 Å². The van der Waals surface area contributed by atoms with Crippen LogP contribution in [-0.4, -0.2) is 0 Å². The highest BCUT2D eigenvalue weighted by Gasteiger charge is 2.26. The summed E-state index contributed by atoms with van der Waals surface area (Å²) in [4.78, 5) is 0. The van der Waals surface area contributed by atoms with Gasteiger partial charge in [0.2, 0.25) is 0 Å². The van der Waals surface area contributed by atoms with Crippen LogP contribution in [0.2, 0.25) is 0 Å². The van der Waals surface area contributed by atoms with E-state index in [1.807, 2.05) is 0 Å². The summed E-state index contributed by atoms with van der Waals surface area (Å²) in [5.74, 6) is -0.377. The van der Waals surface area contributed by atoms with Gasteiger partial charge in [0, 0.05) is 14.5 Å². The van der Waals surface area contributed by atoms with Crippen LogP contribution in [0.1, 0.15) is 19.4 Å². The lowest BCUT2D eigenvalue weighted by Crippen LogP contribution is -2.17. The number of rotatable bonds is 1. The maximum Gasteiger partial charge on any atom is 0.130 e. The van der Waals surface area contributed by atoms with E-state index in [4.69, 9.17) is 5.26 Å². The maximum atomic E-state index is 13.6. The first-order valence-corrected chi connectivity index (χ1v) is 5.53. The summed E-state index contributed by atoms with van der Waals surface area (Å²) in [6.45, 7) is 3.37. The van der Waals surface area contributed by atoms with Crippen molar-refractivity contribution in [3.8, 4) is 6.07 Å². The summed E-state index contributed by atoms with van der Waals surface area (Å²) in [7, 11) is 0. The molecule has 0 spiro atoms. The van der Waals surface area contributed by atoms with Crippen molar-refractivity contribution in [1.82, 2.24) is 0 Å². The fourth-order valence-electron chi connectivity index (χ4n) is 1.20. The molecule has 74 valence electrons. The summed E-state index contributed by atoms with van der Waals surface area (Å²) in [6.07, 6.45) is 0. The molecule has 1 rings (SSSR count). The lowest BCUT2D eigenvalue weighted by molar-refractivity contribution is 0.561. The minimum atomic E-state index is -0.830. The SMILES string of the molecule is CC(C)(C#N)c1c(F)cc(Br)cc1Br. The molecule has 0 saturated carbocycles. The zero-order valence-corrected chi connectivity index (χ0v) is 10.9. The molecule has 0 amide bonds. The molecule has 0 radical (unpaired) electrons. The molecule has 1 aromatic rings. The van der Waals surface area contributed by atoms with Crippen molar-refractivity contribution < 1.29 is 4.39 Å². The Labute approximate surface area is 99.2 Å². The highest BCUT2D eigenvalue weighted by molar-refractivity contribution is 9.11. The molecule has 0 N–H and O–H groups in total. The Morgan fingerprint density at radius 2 is 1.93 bits per heavy atom. The van der Waals surface area contributed by atoms with Gasteiger partial charge in [-0.05, 0) is 26.0 Å². The normalized spacial score (nSPS) is 11.1. The summed E-state index contributed by atoms with van der Waals surface area (Å²) in [5, 5.41) is 8.92. The van der Waals surface area contributed by atoms with E-state index in [-0.39, 0.29) is 5.82 Å². The zero-order valence-electron chi connectivity index (χ0n) is 7.74. The van der Waals surface area contributed by atoms with Gasteiger partial charge in [0.15, 0.2) is 0 Å². The van der Waals surface area contributed by atoms with E-state index in [0.717, 1.165) is 0 Å². The molecule has 1 aromatic carbocycles. The summed E-state index contributed by atoms with van der Waals surface area (Å²) in [5.41, 5.74) is -0.438. The van der Waals surface area contributed by atoms with E-state index in [1.165, 1.54) is 6.07 Å². The van der Waals surface area contributed by atoms with Crippen molar-refractivity contribution in [1.29, 1.82) is 5.26 Å². The number of benzene rings is 1. The molecule has 0 bridgehead atoms. The van der Waals surface area contributed by atoms with Crippen molar-refractivity contribution in [2.75, 3.05) is 0 Å². The number of nitrogens with zero attached hydrogens (tertiary/aromatic N) is 1. The molecule has 0 aliphatic heterocycles. The lowest BCUT2D eigenvalue weighted by atomic mass is 9.86. The molecule has 0 atom stereocenters. The standard InChI is InChI=1S/C10H8Br2FN/c1-10(2,5-14)9-7(12)3-6(11)4-8(9)13/h3-4H,1-2H3. The second kappa shape index (κ2) is 4.00. The Morgan fingerprint density at radius 3 is 2.36 bits per heavy atom. The predicted molar refractivity (Wildman–Crippen MR) is 60.4 cm³/mol. The van der Waals surface area contributed by atoms with Crippen LogP contribution >= 0.6 is 31.9 Å². The van der Waals surface area contributed by atoms with Crippen molar-refractivity contribution in [3.63, 3.8) is 0 Å². The van der Waals surface area contributed by atoms with Crippen LogP contribution in [0.5, 0.6) is 0 Å². The Morgan fingerprint density at radius 1 is 1.36 bits per heavy atom. The van der Waals surface area contributed by atoms with Gasteiger partial charge in [-0.25, -0.2) is 4.39 Å². The highest BCUT2D eigenvalue weighted by atomic mass is 79.9. The summed E-state index contributed by atoms with van der Waals surface area (Å²) >= 11 is 6.44. The minimum absolute atomic E-state index is 0.377. The smallest absolute Gasteiger partial charge is 0.130 e. The Kier molecular flexibility index (Phi) is 3.33. The molecule has 0 saturated heterocycles. The van der Waals surface area contributed by atoms with Crippen LogP contribution in [0.4, 0.5) is 4.39 Å². The summed E-state index contributed by atoms with van der Waals surface area (Å²) in [6, 6.07) is 5.17. The van der Waals surface area contributed by atoms with Gasteiger partial charge >= 0.3 is 0 Å². The van der Waals surface area contributed by atoms with Crippen LogP contribution in [0.3, 0.4) is 0 Å². The quantitative estimate of drug-likeness (QED) is 0.762. The average molecular weight is 321 g/mol. The molecule has 0 aromatic heterocycles. The molecule has 0 fully saturated rings. The largest absolute Gasteiger partial charge is 0.207 e. The lowest BCUT2D eigenvalue weighted by Gasteiger charge is -2.18. The molecule has 14 heavy (non-hydrogen) atoms. The predicted octanol–water partition coefficient (Wildman–Crippen LogP) is 4.15. The topological polar surface area (TPSA) is 23.8 Å². The van der Waals surface area contributed by atoms with Crippen molar-refractivity contribution in [2.45, 2.75) is 19.3 Å². The van der Waals surface area contributed by atoms with Gasteiger partial charge < -0.3 is 0 Å². The van der Waals surface area contributed by atoms with Crippen LogP contribution in [0.15, 0.2) is 21.1 Å². The van der Waals surface area contributed by atoms with Crippen molar-refractivity contribution >= 4 is 31.9 Å². The van der Waals surface area contributed by atoms with Crippen LogP contribution < -0.4 is 0 Å². The zero-order chi connectivity index (χ0) is 10.9. The third-order valence-corrected chi connectivity index (χ3v) is 2.99. The highest BCUT2D eigenvalue weighted by Crippen LogP contribution is 2.34. The number of nitriles is 1. The van der Waals surface area contributed by atoms with Gasteiger partial charge in [-0.2, -0.15) is 5.26 Å². The van der Waals surface area contributed by atoms with Gasteiger partial charge in [-0.3, -0.25) is 0 Å². The fourth-order valence-corrected chi connectivity index (χ4v) is 2.86. The summed E-state index contributed by atoms with van der Waals surface area (Å²) < 4.78 is 14.8. The molecule has 0 aliphatic carbocycles. The fraction of sp³-hybridized carbons (Fsp3) is 0.300. The number of hydrogen-bond acceptors (Lipinski definition) is 1. The molecular formula is C10H8Br2FN. The van der Waals surface area contributed by atoms with Crippen LogP contribution in [0, 0.1) is 17.1 Å². The molecule has 4 heteroatoms. The maximum absolute atomic E-state index is 13.6. The van der Waals surface area contributed by atoms with Gasteiger partial charge in [0.05, 0.1) is 11.5 Å². The minimum Gasteiger partial charge on any atom is -0.207 e. The first-order chi connectivity index (χ1) is 6.38. The van der Waals surface area contributed by atoms with Crippen molar-refractivity contribution in [3.05, 3.63) is 32.5 Å². The van der Waals surface area contributed by atoms with E-state index in [0.29, 0.717) is 14.5 Å². The van der Waals surface area contributed by atoms with E-state index in [1.54, 1.807) is 19.9 Å². The average Bonchev–Trinajstić information content (AvgIpc) is 2.01. The Hall–Kier alpha value is -0.400. The van der Waals surface area contributed by atoms with Gasteiger partial charge in [-0.15, -0.1) is 0 Å². The molecular weight excluding hydrogens is 313 g/mol. The second-order valence-electron chi connectivity index (χ2n) is 3.48. The van der Waals surface area contributed by atoms with E-state index >= 15 is 0 Å². The van der Waals surface area contributed by atoms with Crippen LogP contribution in [-0.2, 0) is 5.41 Å². The van der Waals surface area contributed by atoms with Gasteiger partial charge in [0.1, 0.15) is 5.82 Å². The van der Waals surface area contributed by atoms with Gasteiger partial charge in [0.25, 0.3) is 0 Å². The first kappa shape index (κ1) is 11.7. The van der Waals surface area contributed by atoms with E-state index in [2.05, 4.69) is 37.9 Å². The molecule has 1 nitrogen and oxygen atoms in total. The third-order valence-electron chi connectivity index (χ3n) is 1.91. The second-order valence-corrected chi connectivity index (χ2v) is 5.25. The number of halogens is 3. The van der Waals surface area contributed by atoms with Crippen molar-refractivity contribution in [2.24, 2.45) is 0 Å². The Balaban J connectivity index is 3.44. The molecule has 0 heterocycles. The van der Waals surface area contributed by atoms with E-state index < -0.39 is 5.41 Å². The van der Waals surface area contributed by atoms with Crippen LogP contribution in [0.25, 0.3) is 0 Å². The monoisotopic (exact) mass is 319 g/mol. The first-order valence-electron chi connectivity index (χ1n) is 3.95.